The number of rotatable bonds is 4. The van der Waals surface area contributed by atoms with Gasteiger partial charge in [0.25, 0.3) is 5.91 Å². The molecule has 156 valence electrons. The summed E-state index contributed by atoms with van der Waals surface area (Å²) in [5.41, 5.74) is 4.09. The molecule has 5 rings (SSSR count). The van der Waals surface area contributed by atoms with Crippen LogP contribution >= 0.6 is 23.1 Å². The Kier molecular flexibility index (Phi) is 5.66. The molecule has 0 saturated carbocycles. The third-order valence-corrected chi connectivity index (χ3v) is 7.46. The highest BCUT2D eigenvalue weighted by Gasteiger charge is 2.24. The lowest BCUT2D eigenvalue weighted by Gasteiger charge is -2.34. The van der Waals surface area contributed by atoms with Crippen LogP contribution in [-0.2, 0) is 0 Å². The summed E-state index contributed by atoms with van der Waals surface area (Å²) in [7, 11) is 0. The Bertz CT molecular complexity index is 1200. The Hall–Kier alpha value is -2.83. The molecule has 3 aromatic carbocycles. The highest BCUT2D eigenvalue weighted by Crippen LogP contribution is 2.32. The maximum atomic E-state index is 13.0. The van der Waals surface area contributed by atoms with Crippen LogP contribution < -0.4 is 4.90 Å². The van der Waals surface area contributed by atoms with Crippen LogP contribution in [0.3, 0.4) is 0 Å². The van der Waals surface area contributed by atoms with Crippen molar-refractivity contribution >= 4 is 44.4 Å². The van der Waals surface area contributed by atoms with E-state index >= 15 is 0 Å². The van der Waals surface area contributed by atoms with Crippen LogP contribution in [0.2, 0.25) is 0 Å². The van der Waals surface area contributed by atoms with Crippen LogP contribution in [0.5, 0.6) is 0 Å². The van der Waals surface area contributed by atoms with Gasteiger partial charge in [-0.15, -0.1) is 11.8 Å². The fourth-order valence-corrected chi connectivity index (χ4v) is 5.45. The molecule has 1 aliphatic heterocycles. The normalized spacial score (nSPS) is 14.2. The number of hydrogen-bond acceptors (Lipinski definition) is 5. The van der Waals surface area contributed by atoms with E-state index in [-0.39, 0.29) is 5.91 Å². The quantitative estimate of drug-likeness (QED) is 0.381. The summed E-state index contributed by atoms with van der Waals surface area (Å²) in [4.78, 5) is 23.3. The van der Waals surface area contributed by atoms with Gasteiger partial charge in [0, 0.05) is 36.6 Å². The van der Waals surface area contributed by atoms with Gasteiger partial charge in [-0.25, -0.2) is 4.98 Å². The Morgan fingerprint density at radius 3 is 2.32 bits per heavy atom. The molecule has 2 heterocycles. The smallest absolute Gasteiger partial charge is 0.253 e. The van der Waals surface area contributed by atoms with E-state index in [1.807, 2.05) is 47.4 Å². The first-order valence-electron chi connectivity index (χ1n) is 10.4. The molecule has 1 amide bonds. The largest absolute Gasteiger partial charge is 0.345 e. The number of thioether (sulfide) groups is 1. The molecule has 1 aliphatic rings. The number of aromatic nitrogens is 1. The lowest BCUT2D eigenvalue weighted by atomic mass is 10.0. The van der Waals surface area contributed by atoms with Gasteiger partial charge in [0.1, 0.15) is 0 Å². The molecular formula is C25H23N3OS2. The van der Waals surface area contributed by atoms with Gasteiger partial charge in [0.05, 0.1) is 10.2 Å². The van der Waals surface area contributed by atoms with Crippen molar-refractivity contribution in [1.82, 2.24) is 9.88 Å². The molecule has 0 spiro atoms. The van der Waals surface area contributed by atoms with Gasteiger partial charge in [-0.1, -0.05) is 53.8 Å². The molecule has 1 fully saturated rings. The van der Waals surface area contributed by atoms with Gasteiger partial charge in [-0.3, -0.25) is 4.79 Å². The summed E-state index contributed by atoms with van der Waals surface area (Å²) in [6.07, 6.45) is 2.09. The summed E-state index contributed by atoms with van der Waals surface area (Å²) in [5.74, 6) is 0.105. The van der Waals surface area contributed by atoms with Gasteiger partial charge < -0.3 is 9.80 Å². The van der Waals surface area contributed by atoms with Gasteiger partial charge in [-0.2, -0.15) is 0 Å². The third kappa shape index (κ3) is 4.18. The van der Waals surface area contributed by atoms with Gasteiger partial charge >= 0.3 is 0 Å². The van der Waals surface area contributed by atoms with Crippen molar-refractivity contribution in [2.75, 3.05) is 37.3 Å². The zero-order valence-corrected chi connectivity index (χ0v) is 19.0. The van der Waals surface area contributed by atoms with Crippen molar-refractivity contribution in [2.45, 2.75) is 4.90 Å². The highest BCUT2D eigenvalue weighted by molar-refractivity contribution is 7.98. The summed E-state index contributed by atoms with van der Waals surface area (Å²) in [5, 5.41) is 1.05. The molecule has 6 heteroatoms. The highest BCUT2D eigenvalue weighted by atomic mass is 32.2. The number of fused-ring (bicyclic) bond motifs is 1. The minimum absolute atomic E-state index is 0.105. The van der Waals surface area contributed by atoms with Crippen LogP contribution in [-0.4, -0.2) is 48.2 Å². The van der Waals surface area contributed by atoms with Crippen molar-refractivity contribution in [3.05, 3.63) is 78.4 Å². The summed E-state index contributed by atoms with van der Waals surface area (Å²) >= 11 is 3.49. The number of hydrogen-bond donors (Lipinski definition) is 0. The van der Waals surface area contributed by atoms with Gasteiger partial charge in [0.15, 0.2) is 5.13 Å². The summed E-state index contributed by atoms with van der Waals surface area (Å²) in [6, 6.07) is 24.6. The summed E-state index contributed by atoms with van der Waals surface area (Å²) in [6.45, 7) is 3.04. The van der Waals surface area contributed by atoms with Crippen LogP contribution in [0.4, 0.5) is 5.13 Å². The number of anilines is 1. The molecule has 0 aliphatic carbocycles. The zero-order chi connectivity index (χ0) is 21.2. The van der Waals surface area contributed by atoms with E-state index in [2.05, 4.69) is 41.5 Å². The molecule has 0 N–H and O–H groups in total. The lowest BCUT2D eigenvalue weighted by Crippen LogP contribution is -2.48. The number of carbonyl (C=O) groups excluding carboxylic acids is 1. The predicted molar refractivity (Wildman–Crippen MR) is 131 cm³/mol. The Morgan fingerprint density at radius 1 is 0.903 bits per heavy atom. The number of amides is 1. The number of nitrogens with zero attached hydrogens (tertiary/aromatic N) is 3. The monoisotopic (exact) mass is 445 g/mol. The van der Waals surface area contributed by atoms with E-state index in [9.17, 15) is 4.79 Å². The first kappa shape index (κ1) is 20.1. The maximum Gasteiger partial charge on any atom is 0.253 e. The van der Waals surface area contributed by atoms with Crippen LogP contribution in [0.15, 0.2) is 77.7 Å². The number of piperazine rings is 1. The molecule has 1 aromatic heterocycles. The van der Waals surface area contributed by atoms with Gasteiger partial charge in [-0.05, 0) is 47.7 Å². The van der Waals surface area contributed by atoms with Gasteiger partial charge in [0.2, 0.25) is 0 Å². The number of carbonyl (C=O) groups is 1. The maximum absolute atomic E-state index is 13.0. The average Bonchev–Trinajstić information content (AvgIpc) is 3.28. The summed E-state index contributed by atoms with van der Waals surface area (Å²) < 4.78 is 1.22. The van der Waals surface area contributed by atoms with E-state index in [4.69, 9.17) is 4.98 Å². The van der Waals surface area contributed by atoms with Crippen molar-refractivity contribution in [3.63, 3.8) is 0 Å². The molecule has 0 radical (unpaired) electrons. The first-order chi connectivity index (χ1) is 15.2. The molecule has 0 unspecified atom stereocenters. The lowest BCUT2D eigenvalue weighted by molar-refractivity contribution is 0.0747. The fourth-order valence-electron chi connectivity index (χ4n) is 3.87. The Labute approximate surface area is 190 Å². The Balaban J connectivity index is 1.24. The molecule has 0 atom stereocenters. The van der Waals surface area contributed by atoms with Crippen LogP contribution in [0.25, 0.3) is 21.3 Å². The standard InChI is InChI=1S/C25H23N3OS2/c1-30-21-11-12-22-23(17-21)31-25(26-22)28-15-13-27(14-16-28)24(29)20-9-7-19(8-10-20)18-5-3-2-4-6-18/h2-12,17H,13-16H2,1H3. The van der Waals surface area contributed by atoms with Crippen molar-refractivity contribution in [2.24, 2.45) is 0 Å². The van der Waals surface area contributed by atoms with Crippen molar-refractivity contribution < 1.29 is 4.79 Å². The van der Waals surface area contributed by atoms with E-state index in [1.54, 1.807) is 23.1 Å². The van der Waals surface area contributed by atoms with Crippen molar-refractivity contribution in [1.29, 1.82) is 0 Å². The van der Waals surface area contributed by atoms with E-state index < -0.39 is 0 Å². The van der Waals surface area contributed by atoms with E-state index in [1.165, 1.54) is 9.60 Å². The molecule has 1 saturated heterocycles. The average molecular weight is 446 g/mol. The molecule has 31 heavy (non-hydrogen) atoms. The molecule has 0 bridgehead atoms. The number of benzene rings is 3. The van der Waals surface area contributed by atoms with E-state index in [0.717, 1.165) is 40.4 Å². The number of thiazole rings is 1. The topological polar surface area (TPSA) is 36.4 Å². The predicted octanol–water partition coefficient (Wildman–Crippen LogP) is 5.65. The molecule has 4 nitrogen and oxygen atoms in total. The third-order valence-electron chi connectivity index (χ3n) is 5.66. The molecule has 4 aromatic rings. The fraction of sp³-hybridized carbons (Fsp3) is 0.200. The zero-order valence-electron chi connectivity index (χ0n) is 17.3. The second-order valence-electron chi connectivity index (χ2n) is 7.55. The van der Waals surface area contributed by atoms with Crippen LogP contribution in [0.1, 0.15) is 10.4 Å². The SMILES string of the molecule is CSc1ccc2nc(N3CCN(C(=O)c4ccc(-c5ccccc5)cc4)CC3)sc2c1. The van der Waals surface area contributed by atoms with E-state index in [0.29, 0.717) is 13.1 Å². The second-order valence-corrected chi connectivity index (χ2v) is 9.44. The second kappa shape index (κ2) is 8.73. The van der Waals surface area contributed by atoms with Crippen molar-refractivity contribution in [3.8, 4) is 11.1 Å². The van der Waals surface area contributed by atoms with Crippen LogP contribution in [0, 0.1) is 0 Å². The minimum Gasteiger partial charge on any atom is -0.345 e. The Morgan fingerprint density at radius 2 is 1.61 bits per heavy atom. The molecular weight excluding hydrogens is 422 g/mol. The first-order valence-corrected chi connectivity index (χ1v) is 12.4. The minimum atomic E-state index is 0.105.